The highest BCUT2D eigenvalue weighted by molar-refractivity contribution is 4.87. The van der Waals surface area contributed by atoms with Gasteiger partial charge in [0.05, 0.1) is 0 Å². The van der Waals surface area contributed by atoms with Crippen LogP contribution in [0.4, 0.5) is 0 Å². The average molecular weight is 255 g/mol. The lowest BCUT2D eigenvalue weighted by atomic mass is 10.1. The van der Waals surface area contributed by atoms with Crippen molar-refractivity contribution in [2.45, 2.75) is 46.1 Å². The van der Waals surface area contributed by atoms with Crippen LogP contribution in [0.25, 0.3) is 0 Å². The molecule has 1 saturated carbocycles. The van der Waals surface area contributed by atoms with Gasteiger partial charge < -0.3 is 15.1 Å². The fourth-order valence-corrected chi connectivity index (χ4v) is 2.69. The van der Waals surface area contributed by atoms with Crippen molar-refractivity contribution in [3.8, 4) is 0 Å². The lowest BCUT2D eigenvalue weighted by Gasteiger charge is -2.27. The summed E-state index contributed by atoms with van der Waals surface area (Å²) in [7, 11) is 2.12. The summed E-state index contributed by atoms with van der Waals surface area (Å²) in [5.74, 6) is 0.951. The summed E-state index contributed by atoms with van der Waals surface area (Å²) in [4.78, 5) is 5.13. The number of nitrogens with zero attached hydrogens (tertiary/aromatic N) is 2. The van der Waals surface area contributed by atoms with Gasteiger partial charge in [-0.2, -0.15) is 0 Å². The Hall–Kier alpha value is -0.120. The van der Waals surface area contributed by atoms with Gasteiger partial charge in [0.15, 0.2) is 0 Å². The Morgan fingerprint density at radius 3 is 2.00 bits per heavy atom. The second-order valence-electron chi connectivity index (χ2n) is 5.51. The molecule has 1 rings (SSSR count). The van der Waals surface area contributed by atoms with Crippen LogP contribution in [-0.4, -0.2) is 62.2 Å². The lowest BCUT2D eigenvalue weighted by Crippen LogP contribution is -2.41. The maximum Gasteiger partial charge on any atom is 0.0220 e. The minimum absolute atomic E-state index is 0.721. The molecule has 108 valence electrons. The smallest absolute Gasteiger partial charge is 0.0220 e. The van der Waals surface area contributed by atoms with Gasteiger partial charge >= 0.3 is 0 Å². The van der Waals surface area contributed by atoms with E-state index in [1.807, 2.05) is 0 Å². The molecule has 0 amide bonds. The van der Waals surface area contributed by atoms with E-state index < -0.39 is 0 Å². The van der Waals surface area contributed by atoms with Crippen LogP contribution in [0.1, 0.15) is 40.0 Å². The first-order chi connectivity index (χ1) is 8.74. The zero-order valence-corrected chi connectivity index (χ0v) is 12.9. The molecule has 1 N–H and O–H groups in total. The van der Waals surface area contributed by atoms with E-state index in [1.54, 1.807) is 0 Å². The third kappa shape index (κ3) is 5.68. The lowest BCUT2D eigenvalue weighted by molar-refractivity contribution is 0.221. The summed E-state index contributed by atoms with van der Waals surface area (Å²) in [5, 5.41) is 3.50. The van der Waals surface area contributed by atoms with Crippen molar-refractivity contribution in [1.29, 1.82) is 0 Å². The molecular weight excluding hydrogens is 222 g/mol. The number of likely N-dealkylation sites (N-methyl/N-ethyl adjacent to an activating group) is 2. The second kappa shape index (κ2) is 8.89. The van der Waals surface area contributed by atoms with Crippen molar-refractivity contribution in [3.05, 3.63) is 0 Å². The Kier molecular flexibility index (Phi) is 7.87. The number of hydrogen-bond donors (Lipinski definition) is 1. The van der Waals surface area contributed by atoms with E-state index in [9.17, 15) is 0 Å². The fourth-order valence-electron chi connectivity index (χ4n) is 2.69. The summed E-state index contributed by atoms with van der Waals surface area (Å²) in [6.07, 6.45) is 4.17. The Morgan fingerprint density at radius 1 is 1.00 bits per heavy atom. The largest absolute Gasteiger partial charge is 0.315 e. The third-order valence-electron chi connectivity index (χ3n) is 4.31. The van der Waals surface area contributed by atoms with E-state index in [4.69, 9.17) is 0 Å². The molecule has 1 aliphatic carbocycles. The zero-order valence-electron chi connectivity index (χ0n) is 12.9. The number of hydrogen-bond acceptors (Lipinski definition) is 3. The van der Waals surface area contributed by atoms with Crippen molar-refractivity contribution < 1.29 is 0 Å². The molecule has 0 saturated heterocycles. The molecule has 0 spiro atoms. The molecule has 0 bridgehead atoms. The Labute approximate surface area is 114 Å². The maximum atomic E-state index is 3.50. The monoisotopic (exact) mass is 255 g/mol. The molecular formula is C15H33N3. The molecule has 18 heavy (non-hydrogen) atoms. The first-order valence-electron chi connectivity index (χ1n) is 7.87. The predicted molar refractivity (Wildman–Crippen MR) is 80.1 cm³/mol. The van der Waals surface area contributed by atoms with Crippen LogP contribution in [0, 0.1) is 5.92 Å². The average Bonchev–Trinajstić information content (AvgIpc) is 3.23. The van der Waals surface area contributed by atoms with Crippen molar-refractivity contribution >= 4 is 0 Å². The van der Waals surface area contributed by atoms with Gasteiger partial charge in [0.25, 0.3) is 0 Å². The van der Waals surface area contributed by atoms with Gasteiger partial charge in [-0.05, 0) is 65.0 Å². The van der Waals surface area contributed by atoms with Gasteiger partial charge in [-0.3, -0.25) is 0 Å². The second-order valence-corrected chi connectivity index (χ2v) is 5.51. The molecule has 3 heteroatoms. The standard InChI is InChI=1S/C15H33N3/c1-5-17(6-2)11-8-12-18(7-3)13-15(16-4)14-9-10-14/h14-16H,5-13H2,1-4H3. The van der Waals surface area contributed by atoms with E-state index in [1.165, 1.54) is 58.5 Å². The quantitative estimate of drug-likeness (QED) is 0.609. The molecule has 0 aromatic carbocycles. The third-order valence-corrected chi connectivity index (χ3v) is 4.31. The molecule has 1 atom stereocenters. The molecule has 1 fully saturated rings. The van der Waals surface area contributed by atoms with Crippen molar-refractivity contribution in [2.75, 3.05) is 46.3 Å². The highest BCUT2D eigenvalue weighted by Crippen LogP contribution is 2.32. The molecule has 0 aromatic rings. The topological polar surface area (TPSA) is 18.5 Å². The highest BCUT2D eigenvalue weighted by Gasteiger charge is 2.30. The van der Waals surface area contributed by atoms with Gasteiger partial charge in [-0.15, -0.1) is 0 Å². The highest BCUT2D eigenvalue weighted by atomic mass is 15.2. The normalized spacial score (nSPS) is 17.7. The van der Waals surface area contributed by atoms with Gasteiger partial charge in [0.2, 0.25) is 0 Å². The van der Waals surface area contributed by atoms with Crippen LogP contribution in [0.5, 0.6) is 0 Å². The molecule has 0 heterocycles. The molecule has 0 aromatic heterocycles. The molecule has 0 aliphatic heterocycles. The summed E-state index contributed by atoms with van der Waals surface area (Å²) in [6, 6.07) is 0.721. The maximum absolute atomic E-state index is 3.50. The summed E-state index contributed by atoms with van der Waals surface area (Å²) in [6.45, 7) is 14.1. The predicted octanol–water partition coefficient (Wildman–Crippen LogP) is 2.04. The Morgan fingerprint density at radius 2 is 1.56 bits per heavy atom. The Bertz CT molecular complexity index is 200. The summed E-state index contributed by atoms with van der Waals surface area (Å²) < 4.78 is 0. The first-order valence-corrected chi connectivity index (χ1v) is 7.87. The van der Waals surface area contributed by atoms with Gasteiger partial charge in [0.1, 0.15) is 0 Å². The van der Waals surface area contributed by atoms with Gasteiger partial charge in [0, 0.05) is 12.6 Å². The molecule has 1 unspecified atom stereocenters. The minimum atomic E-state index is 0.721. The van der Waals surface area contributed by atoms with Crippen LogP contribution in [-0.2, 0) is 0 Å². The summed E-state index contributed by atoms with van der Waals surface area (Å²) in [5.41, 5.74) is 0. The van der Waals surface area contributed by atoms with Crippen LogP contribution in [0.15, 0.2) is 0 Å². The van der Waals surface area contributed by atoms with E-state index in [0.717, 1.165) is 12.0 Å². The van der Waals surface area contributed by atoms with E-state index >= 15 is 0 Å². The van der Waals surface area contributed by atoms with Crippen LogP contribution >= 0.6 is 0 Å². The van der Waals surface area contributed by atoms with Crippen LogP contribution in [0.3, 0.4) is 0 Å². The number of nitrogens with one attached hydrogen (secondary N) is 1. The molecule has 3 nitrogen and oxygen atoms in total. The Balaban J connectivity index is 2.19. The first kappa shape index (κ1) is 15.9. The summed E-state index contributed by atoms with van der Waals surface area (Å²) >= 11 is 0. The van der Waals surface area contributed by atoms with E-state index in [-0.39, 0.29) is 0 Å². The molecule has 1 aliphatic rings. The zero-order chi connectivity index (χ0) is 13.4. The van der Waals surface area contributed by atoms with E-state index in [0.29, 0.717) is 0 Å². The number of rotatable bonds is 11. The minimum Gasteiger partial charge on any atom is -0.315 e. The molecule has 0 radical (unpaired) electrons. The SMILES string of the molecule is CCN(CC)CCCN(CC)CC(NC)C1CC1. The van der Waals surface area contributed by atoms with Crippen LogP contribution in [0.2, 0.25) is 0 Å². The van der Waals surface area contributed by atoms with Crippen molar-refractivity contribution in [2.24, 2.45) is 5.92 Å². The van der Waals surface area contributed by atoms with Gasteiger partial charge in [-0.25, -0.2) is 0 Å². The van der Waals surface area contributed by atoms with Crippen molar-refractivity contribution in [3.63, 3.8) is 0 Å². The van der Waals surface area contributed by atoms with E-state index in [2.05, 4.69) is 42.9 Å². The fraction of sp³-hybridized carbons (Fsp3) is 1.00. The van der Waals surface area contributed by atoms with Crippen molar-refractivity contribution in [1.82, 2.24) is 15.1 Å². The van der Waals surface area contributed by atoms with Gasteiger partial charge in [-0.1, -0.05) is 20.8 Å². The van der Waals surface area contributed by atoms with Crippen LogP contribution < -0.4 is 5.32 Å².